The highest BCUT2D eigenvalue weighted by molar-refractivity contribution is 4.65. The predicted molar refractivity (Wildman–Crippen MR) is 63.8 cm³/mol. The van der Waals surface area contributed by atoms with Crippen LogP contribution in [0.5, 0.6) is 0 Å². The second-order valence-electron chi connectivity index (χ2n) is 3.78. The van der Waals surface area contributed by atoms with E-state index < -0.39 is 0 Å². The zero-order valence-corrected chi connectivity index (χ0v) is 10.4. The topological polar surface area (TPSA) is 60.7 Å². The van der Waals surface area contributed by atoms with Crippen molar-refractivity contribution in [3.8, 4) is 0 Å². The minimum Gasteiger partial charge on any atom is -0.396 e. The van der Waals surface area contributed by atoms with Crippen molar-refractivity contribution in [1.82, 2.24) is 0 Å². The van der Waals surface area contributed by atoms with Crippen LogP contribution in [0.4, 0.5) is 0 Å². The molecule has 0 radical (unpaired) electrons. The molecular formula is C12H28O3. The van der Waals surface area contributed by atoms with Crippen LogP contribution in [0.1, 0.15) is 52.9 Å². The van der Waals surface area contributed by atoms with Gasteiger partial charge in [-0.3, -0.25) is 0 Å². The first kappa shape index (κ1) is 17.3. The van der Waals surface area contributed by atoms with Gasteiger partial charge in [0.2, 0.25) is 0 Å². The Balaban J connectivity index is 0. The zero-order chi connectivity index (χ0) is 12.1. The number of aliphatic hydroxyl groups is 3. The third kappa shape index (κ3) is 11.8. The molecule has 3 nitrogen and oxygen atoms in total. The number of aliphatic hydroxyl groups excluding tert-OH is 3. The second-order valence-corrected chi connectivity index (χ2v) is 3.78. The molecule has 0 saturated carbocycles. The maximum Gasteiger partial charge on any atom is 0.0590 e. The van der Waals surface area contributed by atoms with Gasteiger partial charge in [-0.1, -0.05) is 33.6 Å². The number of unbranched alkanes of at least 4 members (excludes halogenated alkanes) is 1. The van der Waals surface area contributed by atoms with Crippen LogP contribution < -0.4 is 0 Å². The van der Waals surface area contributed by atoms with E-state index in [1.54, 1.807) is 0 Å². The van der Waals surface area contributed by atoms with E-state index in [-0.39, 0.29) is 18.6 Å². The summed E-state index contributed by atoms with van der Waals surface area (Å²) in [6.07, 6.45) is 4.38. The molecule has 0 aromatic carbocycles. The molecule has 0 heterocycles. The fraction of sp³-hybridized carbons (Fsp3) is 1.00. The van der Waals surface area contributed by atoms with Gasteiger partial charge in [-0.15, -0.1) is 0 Å². The van der Waals surface area contributed by atoms with E-state index in [4.69, 9.17) is 10.2 Å². The maximum absolute atomic E-state index is 9.35. The highest BCUT2D eigenvalue weighted by Crippen LogP contribution is 2.11. The average molecular weight is 220 g/mol. The van der Waals surface area contributed by atoms with Crippen LogP contribution in [0.2, 0.25) is 0 Å². The molecule has 0 aliphatic carbocycles. The van der Waals surface area contributed by atoms with Crippen LogP contribution in [0.3, 0.4) is 0 Å². The summed E-state index contributed by atoms with van der Waals surface area (Å²) in [5.74, 6) is 0.0833. The Morgan fingerprint density at radius 3 is 1.80 bits per heavy atom. The van der Waals surface area contributed by atoms with Crippen molar-refractivity contribution >= 4 is 0 Å². The molecule has 3 N–H and O–H groups in total. The van der Waals surface area contributed by atoms with Crippen molar-refractivity contribution < 1.29 is 15.3 Å². The Morgan fingerprint density at radius 1 is 1.00 bits per heavy atom. The molecule has 0 bridgehead atoms. The second kappa shape index (κ2) is 13.9. The molecule has 0 fully saturated rings. The highest BCUT2D eigenvalue weighted by Gasteiger charge is 2.14. The third-order valence-electron chi connectivity index (χ3n) is 2.40. The molecule has 2 atom stereocenters. The Hall–Kier alpha value is -0.120. The van der Waals surface area contributed by atoms with Crippen molar-refractivity contribution in [1.29, 1.82) is 0 Å². The fourth-order valence-electron chi connectivity index (χ4n) is 1.21. The van der Waals surface area contributed by atoms with Crippen molar-refractivity contribution in [2.45, 2.75) is 59.0 Å². The quantitative estimate of drug-likeness (QED) is 0.614. The van der Waals surface area contributed by atoms with Gasteiger partial charge in [0.1, 0.15) is 0 Å². The van der Waals surface area contributed by atoms with E-state index in [1.165, 1.54) is 0 Å². The molecule has 0 rings (SSSR count). The largest absolute Gasteiger partial charge is 0.396 e. The third-order valence-corrected chi connectivity index (χ3v) is 2.40. The van der Waals surface area contributed by atoms with Crippen LogP contribution in [-0.4, -0.2) is 34.6 Å². The van der Waals surface area contributed by atoms with Gasteiger partial charge in [0.05, 0.1) is 6.10 Å². The van der Waals surface area contributed by atoms with Crippen molar-refractivity contribution in [3.05, 3.63) is 0 Å². The van der Waals surface area contributed by atoms with Crippen LogP contribution in [0.25, 0.3) is 0 Å². The van der Waals surface area contributed by atoms with Gasteiger partial charge in [0.15, 0.2) is 0 Å². The molecule has 0 aromatic heterocycles. The average Bonchev–Trinajstić information content (AvgIpc) is 2.22. The molecule has 94 valence electrons. The van der Waals surface area contributed by atoms with E-state index >= 15 is 0 Å². The van der Waals surface area contributed by atoms with E-state index in [9.17, 15) is 5.11 Å². The Bertz CT molecular complexity index is 101. The first-order valence-electron chi connectivity index (χ1n) is 6.07. The summed E-state index contributed by atoms with van der Waals surface area (Å²) in [4.78, 5) is 0. The maximum atomic E-state index is 9.35. The molecule has 15 heavy (non-hydrogen) atoms. The van der Waals surface area contributed by atoms with Gasteiger partial charge in [0.25, 0.3) is 0 Å². The number of rotatable bonds is 7. The number of hydrogen-bond donors (Lipinski definition) is 3. The van der Waals surface area contributed by atoms with Gasteiger partial charge in [-0.2, -0.15) is 0 Å². The van der Waals surface area contributed by atoms with Gasteiger partial charge in [-0.25, -0.2) is 0 Å². The lowest BCUT2D eigenvalue weighted by molar-refractivity contribution is 0.0584. The smallest absolute Gasteiger partial charge is 0.0590 e. The Morgan fingerprint density at radius 2 is 1.60 bits per heavy atom. The van der Waals surface area contributed by atoms with Crippen molar-refractivity contribution in [2.24, 2.45) is 5.92 Å². The fourth-order valence-corrected chi connectivity index (χ4v) is 1.21. The SMILES string of the molecule is CCCC(O)C(CC)CO.CCCCO. The first-order chi connectivity index (χ1) is 7.17. The summed E-state index contributed by atoms with van der Waals surface area (Å²) < 4.78 is 0. The van der Waals surface area contributed by atoms with Crippen LogP contribution in [0.15, 0.2) is 0 Å². The van der Waals surface area contributed by atoms with Crippen LogP contribution in [0, 0.1) is 5.92 Å². The molecule has 2 unspecified atom stereocenters. The minimum absolute atomic E-state index is 0.0833. The lowest BCUT2D eigenvalue weighted by Gasteiger charge is -2.17. The molecular weight excluding hydrogens is 192 g/mol. The summed E-state index contributed by atoms with van der Waals surface area (Å²) in [6.45, 7) is 6.53. The normalized spacial score (nSPS) is 14.0. The van der Waals surface area contributed by atoms with Crippen LogP contribution >= 0.6 is 0 Å². The lowest BCUT2D eigenvalue weighted by Crippen LogP contribution is -2.22. The lowest BCUT2D eigenvalue weighted by atomic mass is 9.97. The standard InChI is InChI=1S/C8H18O2.C4H10O/c1-3-5-8(10)7(4-2)6-9;1-2-3-4-5/h7-10H,3-6H2,1-2H3;5H,2-4H2,1H3. The van der Waals surface area contributed by atoms with E-state index in [0.29, 0.717) is 6.61 Å². The van der Waals surface area contributed by atoms with Crippen molar-refractivity contribution in [2.75, 3.05) is 13.2 Å². The molecule has 3 heteroatoms. The molecule has 0 spiro atoms. The monoisotopic (exact) mass is 220 g/mol. The van der Waals surface area contributed by atoms with Gasteiger partial charge < -0.3 is 15.3 Å². The Kier molecular flexibility index (Phi) is 16.0. The van der Waals surface area contributed by atoms with Gasteiger partial charge in [0, 0.05) is 19.1 Å². The molecule has 0 aromatic rings. The molecule has 0 amide bonds. The summed E-state index contributed by atoms with van der Waals surface area (Å²) in [6, 6.07) is 0. The molecule has 0 aliphatic rings. The summed E-state index contributed by atoms with van der Waals surface area (Å²) in [7, 11) is 0. The Labute approximate surface area is 94.1 Å². The summed E-state index contributed by atoms with van der Waals surface area (Å²) >= 11 is 0. The van der Waals surface area contributed by atoms with E-state index in [1.807, 2.05) is 13.8 Å². The zero-order valence-electron chi connectivity index (χ0n) is 10.4. The van der Waals surface area contributed by atoms with Crippen molar-refractivity contribution in [3.63, 3.8) is 0 Å². The minimum atomic E-state index is -0.306. The molecule has 0 saturated heterocycles. The van der Waals surface area contributed by atoms with E-state index in [0.717, 1.165) is 32.1 Å². The van der Waals surface area contributed by atoms with Gasteiger partial charge in [-0.05, 0) is 19.3 Å². The van der Waals surface area contributed by atoms with E-state index in [2.05, 4.69) is 6.92 Å². The highest BCUT2D eigenvalue weighted by atomic mass is 16.3. The summed E-state index contributed by atoms with van der Waals surface area (Å²) in [5.41, 5.74) is 0. The predicted octanol–water partition coefficient (Wildman–Crippen LogP) is 1.94. The summed E-state index contributed by atoms with van der Waals surface area (Å²) in [5, 5.41) is 26.2. The van der Waals surface area contributed by atoms with Gasteiger partial charge >= 0.3 is 0 Å². The first-order valence-corrected chi connectivity index (χ1v) is 6.07. The molecule has 0 aliphatic heterocycles. The number of hydrogen-bond acceptors (Lipinski definition) is 3. The van der Waals surface area contributed by atoms with Crippen LogP contribution in [-0.2, 0) is 0 Å².